The molecule has 0 bridgehead atoms. The zero-order valence-electron chi connectivity index (χ0n) is 11.8. The molecular formula is C15H20N4S. The Hall–Kier alpha value is -1.49. The van der Waals surface area contributed by atoms with Crippen LogP contribution in [0.15, 0.2) is 17.0 Å². The standard InChI is InChI=1S/C15H20N4S/c1-2-7-16-14-8-12(11-5-3-4-6-11)18-15(19-14)13-9-20-10-17-13/h8-11H,2-7H2,1H3,(H,16,18,19). The predicted molar refractivity (Wildman–Crippen MR) is 83.1 cm³/mol. The molecule has 1 aliphatic rings. The van der Waals surface area contributed by atoms with Crippen molar-refractivity contribution >= 4 is 17.2 Å². The molecule has 1 N–H and O–H groups in total. The van der Waals surface area contributed by atoms with Crippen molar-refractivity contribution < 1.29 is 0 Å². The number of rotatable bonds is 5. The van der Waals surface area contributed by atoms with Gasteiger partial charge in [0.1, 0.15) is 11.5 Å². The summed E-state index contributed by atoms with van der Waals surface area (Å²) in [5, 5.41) is 5.40. The summed E-state index contributed by atoms with van der Waals surface area (Å²) in [5.41, 5.74) is 3.90. The monoisotopic (exact) mass is 288 g/mol. The van der Waals surface area contributed by atoms with Gasteiger partial charge in [0.15, 0.2) is 5.82 Å². The molecule has 0 aliphatic heterocycles. The molecule has 2 aromatic heterocycles. The second-order valence-electron chi connectivity index (χ2n) is 5.28. The van der Waals surface area contributed by atoms with Crippen LogP contribution in [0, 0.1) is 0 Å². The van der Waals surface area contributed by atoms with E-state index >= 15 is 0 Å². The first-order valence-electron chi connectivity index (χ1n) is 7.38. The van der Waals surface area contributed by atoms with E-state index in [-0.39, 0.29) is 0 Å². The molecule has 0 atom stereocenters. The first kappa shape index (κ1) is 13.5. The Morgan fingerprint density at radius 1 is 1.30 bits per heavy atom. The summed E-state index contributed by atoms with van der Waals surface area (Å²) in [6.45, 7) is 3.10. The van der Waals surface area contributed by atoms with Crippen LogP contribution in [0.25, 0.3) is 11.5 Å². The molecule has 3 rings (SSSR count). The molecule has 0 spiro atoms. The highest BCUT2D eigenvalue weighted by atomic mass is 32.1. The van der Waals surface area contributed by atoms with Crippen LogP contribution >= 0.6 is 11.3 Å². The second-order valence-corrected chi connectivity index (χ2v) is 6.00. The van der Waals surface area contributed by atoms with Gasteiger partial charge in [-0.1, -0.05) is 19.8 Å². The van der Waals surface area contributed by atoms with E-state index in [1.807, 2.05) is 10.9 Å². The van der Waals surface area contributed by atoms with E-state index in [0.29, 0.717) is 5.92 Å². The van der Waals surface area contributed by atoms with E-state index in [2.05, 4.69) is 28.3 Å². The van der Waals surface area contributed by atoms with Crippen LogP contribution in [0.5, 0.6) is 0 Å². The lowest BCUT2D eigenvalue weighted by molar-refractivity contribution is 0.695. The van der Waals surface area contributed by atoms with Gasteiger partial charge in [-0.25, -0.2) is 15.0 Å². The van der Waals surface area contributed by atoms with Gasteiger partial charge in [-0.3, -0.25) is 0 Å². The molecular weight excluding hydrogens is 268 g/mol. The lowest BCUT2D eigenvalue weighted by atomic mass is 10.0. The third kappa shape index (κ3) is 2.98. The second kappa shape index (κ2) is 6.31. The van der Waals surface area contributed by atoms with Gasteiger partial charge in [-0.2, -0.15) is 0 Å². The number of hydrogen-bond acceptors (Lipinski definition) is 5. The number of anilines is 1. The van der Waals surface area contributed by atoms with Gasteiger partial charge in [0.2, 0.25) is 0 Å². The van der Waals surface area contributed by atoms with Crippen molar-refractivity contribution in [2.24, 2.45) is 0 Å². The molecule has 0 amide bonds. The first-order chi connectivity index (χ1) is 9.86. The minimum Gasteiger partial charge on any atom is -0.370 e. The van der Waals surface area contributed by atoms with E-state index in [1.165, 1.54) is 31.4 Å². The van der Waals surface area contributed by atoms with E-state index < -0.39 is 0 Å². The fourth-order valence-electron chi connectivity index (χ4n) is 2.68. The number of thiazole rings is 1. The van der Waals surface area contributed by atoms with Crippen molar-refractivity contribution in [1.29, 1.82) is 0 Å². The van der Waals surface area contributed by atoms with Gasteiger partial charge in [0.25, 0.3) is 0 Å². The summed E-state index contributed by atoms with van der Waals surface area (Å²) in [7, 11) is 0. The fraction of sp³-hybridized carbons (Fsp3) is 0.533. The molecule has 20 heavy (non-hydrogen) atoms. The molecule has 0 radical (unpaired) electrons. The van der Waals surface area contributed by atoms with Crippen LogP contribution in [0.3, 0.4) is 0 Å². The number of nitrogens with one attached hydrogen (secondary N) is 1. The van der Waals surface area contributed by atoms with E-state index in [9.17, 15) is 0 Å². The lowest BCUT2D eigenvalue weighted by Gasteiger charge is -2.12. The van der Waals surface area contributed by atoms with Gasteiger partial charge in [0, 0.05) is 29.6 Å². The van der Waals surface area contributed by atoms with E-state index in [1.54, 1.807) is 11.3 Å². The van der Waals surface area contributed by atoms with Gasteiger partial charge < -0.3 is 5.32 Å². The zero-order chi connectivity index (χ0) is 13.8. The average molecular weight is 288 g/mol. The Bertz CT molecular complexity index is 547. The smallest absolute Gasteiger partial charge is 0.181 e. The minimum absolute atomic E-state index is 0.595. The quantitative estimate of drug-likeness (QED) is 0.900. The summed E-state index contributed by atoms with van der Waals surface area (Å²) < 4.78 is 0. The van der Waals surface area contributed by atoms with Crippen molar-refractivity contribution in [3.05, 3.63) is 22.7 Å². The Kier molecular flexibility index (Phi) is 4.25. The van der Waals surface area contributed by atoms with Crippen LogP contribution in [-0.2, 0) is 0 Å². The Labute approximate surface area is 123 Å². The molecule has 1 saturated carbocycles. The molecule has 1 fully saturated rings. The molecule has 2 aromatic rings. The maximum Gasteiger partial charge on any atom is 0.181 e. The number of hydrogen-bond donors (Lipinski definition) is 1. The molecule has 0 aromatic carbocycles. The SMILES string of the molecule is CCCNc1cc(C2CCCC2)nc(-c2cscn2)n1. The van der Waals surface area contributed by atoms with Crippen molar-refractivity contribution in [2.75, 3.05) is 11.9 Å². The largest absolute Gasteiger partial charge is 0.370 e. The molecule has 106 valence electrons. The highest BCUT2D eigenvalue weighted by molar-refractivity contribution is 7.07. The Morgan fingerprint density at radius 2 is 2.15 bits per heavy atom. The van der Waals surface area contributed by atoms with Crippen LogP contribution < -0.4 is 5.32 Å². The highest BCUT2D eigenvalue weighted by Gasteiger charge is 2.20. The Balaban J connectivity index is 1.94. The molecule has 5 heteroatoms. The molecule has 4 nitrogen and oxygen atoms in total. The average Bonchev–Trinajstić information content (AvgIpc) is 3.17. The molecule has 0 unspecified atom stereocenters. The Morgan fingerprint density at radius 3 is 2.85 bits per heavy atom. The topological polar surface area (TPSA) is 50.7 Å². The highest BCUT2D eigenvalue weighted by Crippen LogP contribution is 2.34. The summed E-state index contributed by atoms with van der Waals surface area (Å²) in [6.07, 6.45) is 6.23. The first-order valence-corrected chi connectivity index (χ1v) is 8.32. The summed E-state index contributed by atoms with van der Waals surface area (Å²) in [6, 6.07) is 2.13. The number of aromatic nitrogens is 3. The van der Waals surface area contributed by atoms with Crippen molar-refractivity contribution in [3.63, 3.8) is 0 Å². The fourth-order valence-corrected chi connectivity index (χ4v) is 3.21. The van der Waals surface area contributed by atoms with Crippen molar-refractivity contribution in [3.8, 4) is 11.5 Å². The number of nitrogens with zero attached hydrogens (tertiary/aromatic N) is 3. The molecule has 2 heterocycles. The summed E-state index contributed by atoms with van der Waals surface area (Å²) >= 11 is 1.58. The van der Waals surface area contributed by atoms with Gasteiger partial charge in [-0.05, 0) is 19.3 Å². The summed E-state index contributed by atoms with van der Waals surface area (Å²) in [4.78, 5) is 13.7. The normalized spacial score (nSPS) is 15.7. The van der Waals surface area contributed by atoms with Gasteiger partial charge >= 0.3 is 0 Å². The van der Waals surface area contributed by atoms with Crippen molar-refractivity contribution in [2.45, 2.75) is 44.9 Å². The van der Waals surface area contributed by atoms with E-state index in [4.69, 9.17) is 4.98 Å². The molecule has 1 aliphatic carbocycles. The third-order valence-electron chi connectivity index (χ3n) is 3.74. The molecule has 0 saturated heterocycles. The van der Waals surface area contributed by atoms with Gasteiger partial charge in [0.05, 0.1) is 5.51 Å². The third-order valence-corrected chi connectivity index (χ3v) is 4.32. The maximum atomic E-state index is 4.76. The minimum atomic E-state index is 0.595. The van der Waals surface area contributed by atoms with Crippen LogP contribution in [0.4, 0.5) is 5.82 Å². The van der Waals surface area contributed by atoms with Crippen LogP contribution in [0.2, 0.25) is 0 Å². The zero-order valence-corrected chi connectivity index (χ0v) is 12.6. The lowest BCUT2D eigenvalue weighted by Crippen LogP contribution is -2.07. The van der Waals surface area contributed by atoms with Crippen LogP contribution in [-0.4, -0.2) is 21.5 Å². The predicted octanol–water partition coefficient (Wildman–Crippen LogP) is 4.08. The maximum absolute atomic E-state index is 4.76. The van der Waals surface area contributed by atoms with E-state index in [0.717, 1.165) is 30.3 Å². The summed E-state index contributed by atoms with van der Waals surface area (Å²) in [5.74, 6) is 2.29. The van der Waals surface area contributed by atoms with Crippen molar-refractivity contribution in [1.82, 2.24) is 15.0 Å². The van der Waals surface area contributed by atoms with Crippen LogP contribution in [0.1, 0.15) is 50.6 Å². The van der Waals surface area contributed by atoms with Gasteiger partial charge in [-0.15, -0.1) is 11.3 Å².